The summed E-state index contributed by atoms with van der Waals surface area (Å²) in [6, 6.07) is 20.7. The summed E-state index contributed by atoms with van der Waals surface area (Å²) in [5, 5.41) is 3.02. The highest BCUT2D eigenvalue weighted by Crippen LogP contribution is 2.18. The van der Waals surface area contributed by atoms with E-state index < -0.39 is 0 Å². The fourth-order valence-electron chi connectivity index (χ4n) is 3.76. The van der Waals surface area contributed by atoms with Crippen LogP contribution in [0, 0.1) is 13.8 Å². The second-order valence-electron chi connectivity index (χ2n) is 8.07. The lowest BCUT2D eigenvalue weighted by Crippen LogP contribution is -2.22. The molecule has 0 fully saturated rings. The van der Waals surface area contributed by atoms with Crippen molar-refractivity contribution < 1.29 is 4.79 Å². The molecule has 158 valence electrons. The van der Waals surface area contributed by atoms with Gasteiger partial charge in [0.25, 0.3) is 0 Å². The third-order valence-corrected chi connectivity index (χ3v) is 5.42. The average Bonchev–Trinajstić information content (AvgIpc) is 3.11. The Bertz CT molecular complexity index is 1180. The van der Waals surface area contributed by atoms with Crippen LogP contribution in [0.5, 0.6) is 0 Å². The smallest absolute Gasteiger partial charge is 0.220 e. The van der Waals surface area contributed by atoms with Gasteiger partial charge in [-0.05, 0) is 43.5 Å². The summed E-state index contributed by atoms with van der Waals surface area (Å²) < 4.78 is 2.17. The van der Waals surface area contributed by atoms with E-state index in [1.807, 2.05) is 24.3 Å². The highest BCUT2D eigenvalue weighted by Gasteiger charge is 2.13. The molecule has 2 aromatic heterocycles. The molecule has 2 aromatic carbocycles. The first-order valence-electron chi connectivity index (χ1n) is 10.8. The van der Waals surface area contributed by atoms with Crippen LogP contribution in [0.15, 0.2) is 66.9 Å². The number of rotatable bonds is 8. The molecular formula is C26H28N4O. The number of benzene rings is 2. The Balaban J connectivity index is 1.39. The minimum atomic E-state index is 0.0702. The summed E-state index contributed by atoms with van der Waals surface area (Å²) in [4.78, 5) is 21.7. The van der Waals surface area contributed by atoms with Gasteiger partial charge < -0.3 is 9.88 Å². The predicted molar refractivity (Wildman–Crippen MR) is 124 cm³/mol. The lowest BCUT2D eigenvalue weighted by molar-refractivity contribution is -0.121. The standard InChI is InChI=1S/C26H28N4O/c1-19-11-13-21(14-12-19)18-30-24(29-23-8-5-15-27-26(23)30)9-4-10-25(31)28-17-22-7-3-6-20(2)16-22/h3,5-8,11-16H,4,9-10,17-18H2,1-2H3,(H,28,31). The van der Waals surface area contributed by atoms with Crippen LogP contribution in [0.2, 0.25) is 0 Å². The minimum absolute atomic E-state index is 0.0702. The molecule has 0 aliphatic rings. The lowest BCUT2D eigenvalue weighted by Gasteiger charge is -2.10. The van der Waals surface area contributed by atoms with E-state index in [1.165, 1.54) is 16.7 Å². The zero-order chi connectivity index (χ0) is 21.6. The number of hydrogen-bond donors (Lipinski definition) is 1. The SMILES string of the molecule is Cc1ccc(Cn2c(CCCC(=O)NCc3cccc(C)c3)nc3cccnc32)cc1. The fraction of sp³-hybridized carbons (Fsp3) is 0.269. The summed E-state index contributed by atoms with van der Waals surface area (Å²) in [5.74, 6) is 1.04. The van der Waals surface area contributed by atoms with E-state index in [4.69, 9.17) is 4.98 Å². The second-order valence-corrected chi connectivity index (χ2v) is 8.07. The molecule has 0 unspecified atom stereocenters. The van der Waals surface area contributed by atoms with Crippen LogP contribution in [-0.4, -0.2) is 20.4 Å². The molecule has 0 saturated heterocycles. The normalized spacial score (nSPS) is 11.0. The van der Waals surface area contributed by atoms with E-state index >= 15 is 0 Å². The maximum absolute atomic E-state index is 12.3. The first kappa shape index (κ1) is 20.8. The van der Waals surface area contributed by atoms with Gasteiger partial charge in [0.05, 0.1) is 6.54 Å². The molecule has 1 amide bonds. The van der Waals surface area contributed by atoms with Crippen LogP contribution in [0.1, 0.15) is 40.9 Å². The Morgan fingerprint density at radius 1 is 0.968 bits per heavy atom. The van der Waals surface area contributed by atoms with Crippen LogP contribution in [0.4, 0.5) is 0 Å². The van der Waals surface area contributed by atoms with Crippen molar-refractivity contribution in [2.45, 2.75) is 46.2 Å². The third-order valence-electron chi connectivity index (χ3n) is 5.42. The first-order chi connectivity index (χ1) is 15.1. The molecule has 0 aliphatic carbocycles. The number of imidazole rings is 1. The molecule has 1 N–H and O–H groups in total. The molecule has 0 aliphatic heterocycles. The maximum atomic E-state index is 12.3. The number of amides is 1. The third kappa shape index (κ3) is 5.37. The van der Waals surface area contributed by atoms with Crippen molar-refractivity contribution in [2.75, 3.05) is 0 Å². The van der Waals surface area contributed by atoms with Gasteiger partial charge in [0.15, 0.2) is 5.65 Å². The van der Waals surface area contributed by atoms with E-state index in [2.05, 4.69) is 65.1 Å². The van der Waals surface area contributed by atoms with E-state index in [1.54, 1.807) is 6.20 Å². The molecule has 5 heteroatoms. The molecule has 0 atom stereocenters. The van der Waals surface area contributed by atoms with Gasteiger partial charge in [-0.3, -0.25) is 4.79 Å². The molecular weight excluding hydrogens is 384 g/mol. The van der Waals surface area contributed by atoms with Gasteiger partial charge in [-0.1, -0.05) is 59.7 Å². The van der Waals surface area contributed by atoms with Crippen molar-refractivity contribution in [1.82, 2.24) is 19.9 Å². The number of carbonyl (C=O) groups is 1. The molecule has 0 saturated carbocycles. The molecule has 5 nitrogen and oxygen atoms in total. The van der Waals surface area contributed by atoms with Gasteiger partial charge >= 0.3 is 0 Å². The van der Waals surface area contributed by atoms with Gasteiger partial charge in [0.1, 0.15) is 11.3 Å². The summed E-state index contributed by atoms with van der Waals surface area (Å²) in [6.45, 7) is 5.44. The van der Waals surface area contributed by atoms with Crippen LogP contribution in [0.25, 0.3) is 11.2 Å². The van der Waals surface area contributed by atoms with Gasteiger partial charge in [-0.15, -0.1) is 0 Å². The van der Waals surface area contributed by atoms with Crippen LogP contribution < -0.4 is 5.32 Å². The molecule has 31 heavy (non-hydrogen) atoms. The van der Waals surface area contributed by atoms with Crippen molar-refractivity contribution in [3.63, 3.8) is 0 Å². The Labute approximate surface area is 183 Å². The topological polar surface area (TPSA) is 59.8 Å². The molecule has 0 radical (unpaired) electrons. The second kappa shape index (κ2) is 9.56. The largest absolute Gasteiger partial charge is 0.352 e. The van der Waals surface area contributed by atoms with Crippen LogP contribution in [-0.2, 0) is 24.3 Å². The van der Waals surface area contributed by atoms with E-state index in [9.17, 15) is 4.79 Å². The highest BCUT2D eigenvalue weighted by molar-refractivity contribution is 5.76. The Kier molecular flexibility index (Phi) is 6.41. The lowest BCUT2D eigenvalue weighted by atomic mass is 10.1. The quantitative estimate of drug-likeness (QED) is 0.455. The zero-order valence-electron chi connectivity index (χ0n) is 18.1. The van der Waals surface area contributed by atoms with Crippen molar-refractivity contribution in [1.29, 1.82) is 0 Å². The number of aryl methyl sites for hydroxylation is 3. The summed E-state index contributed by atoms with van der Waals surface area (Å²) >= 11 is 0. The number of aromatic nitrogens is 3. The summed E-state index contributed by atoms with van der Waals surface area (Å²) in [5.41, 5.74) is 6.57. The Hall–Kier alpha value is -3.47. The highest BCUT2D eigenvalue weighted by atomic mass is 16.1. The molecule has 0 spiro atoms. The molecule has 4 rings (SSSR count). The van der Waals surface area contributed by atoms with E-state index in [0.717, 1.165) is 41.9 Å². The minimum Gasteiger partial charge on any atom is -0.352 e. The Morgan fingerprint density at radius 2 is 1.81 bits per heavy atom. The van der Waals surface area contributed by atoms with Crippen molar-refractivity contribution >= 4 is 17.1 Å². The molecule has 4 aromatic rings. The molecule has 0 bridgehead atoms. The maximum Gasteiger partial charge on any atom is 0.220 e. The van der Waals surface area contributed by atoms with Gasteiger partial charge in [-0.2, -0.15) is 0 Å². The van der Waals surface area contributed by atoms with Crippen LogP contribution in [0.3, 0.4) is 0 Å². The number of nitrogens with zero attached hydrogens (tertiary/aromatic N) is 3. The first-order valence-corrected chi connectivity index (χ1v) is 10.8. The Morgan fingerprint density at radius 3 is 2.61 bits per heavy atom. The summed E-state index contributed by atoms with van der Waals surface area (Å²) in [7, 11) is 0. The number of pyridine rings is 1. The van der Waals surface area contributed by atoms with Crippen molar-refractivity contribution in [3.05, 3.63) is 94.9 Å². The predicted octanol–water partition coefficient (Wildman–Crippen LogP) is 4.74. The van der Waals surface area contributed by atoms with Gasteiger partial charge in [0, 0.05) is 25.6 Å². The van der Waals surface area contributed by atoms with Gasteiger partial charge in [0.2, 0.25) is 5.91 Å². The van der Waals surface area contributed by atoms with E-state index in [0.29, 0.717) is 13.0 Å². The van der Waals surface area contributed by atoms with Crippen molar-refractivity contribution in [3.8, 4) is 0 Å². The average molecular weight is 413 g/mol. The van der Waals surface area contributed by atoms with E-state index in [-0.39, 0.29) is 5.91 Å². The molecule has 2 heterocycles. The van der Waals surface area contributed by atoms with Gasteiger partial charge in [-0.25, -0.2) is 9.97 Å². The monoisotopic (exact) mass is 412 g/mol. The number of fused-ring (bicyclic) bond motifs is 1. The number of carbonyl (C=O) groups excluding carboxylic acids is 1. The zero-order valence-corrected chi connectivity index (χ0v) is 18.1. The number of hydrogen-bond acceptors (Lipinski definition) is 3. The van der Waals surface area contributed by atoms with Crippen LogP contribution >= 0.6 is 0 Å². The number of nitrogens with one attached hydrogen (secondary N) is 1. The summed E-state index contributed by atoms with van der Waals surface area (Å²) in [6.07, 6.45) is 3.77. The van der Waals surface area contributed by atoms with Crippen molar-refractivity contribution in [2.24, 2.45) is 0 Å². The fourth-order valence-corrected chi connectivity index (χ4v) is 3.76.